The Morgan fingerprint density at radius 3 is 2.88 bits per heavy atom. The standard InChI is InChI=1S/C9H13N5O3/c15-8(5-13-6-10-11-12-13)14-4-2-1-3-7(14)9(16)17/h6-7H,1-5H2,(H,16,17)/t7-/m0/s1. The van der Waals surface area contributed by atoms with E-state index in [1.807, 2.05) is 0 Å². The number of carboxylic acids is 1. The predicted octanol–water partition coefficient (Wildman–Crippen LogP) is -0.861. The molecular weight excluding hydrogens is 226 g/mol. The number of rotatable bonds is 3. The average molecular weight is 239 g/mol. The summed E-state index contributed by atoms with van der Waals surface area (Å²) in [7, 11) is 0. The fraction of sp³-hybridized carbons (Fsp3) is 0.667. The van der Waals surface area contributed by atoms with Gasteiger partial charge in [-0.05, 0) is 29.7 Å². The molecular formula is C9H13N5O3. The van der Waals surface area contributed by atoms with Gasteiger partial charge in [-0.2, -0.15) is 0 Å². The largest absolute Gasteiger partial charge is 0.480 e. The normalized spacial score (nSPS) is 20.2. The molecule has 1 saturated heterocycles. The summed E-state index contributed by atoms with van der Waals surface area (Å²) in [5.74, 6) is -1.21. The molecule has 1 N–H and O–H groups in total. The Bertz CT molecular complexity index is 405. The summed E-state index contributed by atoms with van der Waals surface area (Å²) in [6.07, 6.45) is 3.52. The maximum Gasteiger partial charge on any atom is 0.326 e. The number of tetrazole rings is 1. The van der Waals surface area contributed by atoms with Gasteiger partial charge in [0.25, 0.3) is 0 Å². The van der Waals surface area contributed by atoms with Crippen LogP contribution in [0.3, 0.4) is 0 Å². The van der Waals surface area contributed by atoms with Crippen LogP contribution in [-0.2, 0) is 16.1 Å². The van der Waals surface area contributed by atoms with Gasteiger partial charge in [-0.25, -0.2) is 9.48 Å². The molecule has 1 aromatic rings. The molecule has 1 atom stereocenters. The van der Waals surface area contributed by atoms with Crippen LogP contribution < -0.4 is 0 Å². The Morgan fingerprint density at radius 1 is 1.41 bits per heavy atom. The fourth-order valence-electron chi connectivity index (χ4n) is 1.97. The van der Waals surface area contributed by atoms with Gasteiger partial charge in [-0.1, -0.05) is 0 Å². The molecule has 1 fully saturated rings. The number of aromatic nitrogens is 4. The lowest BCUT2D eigenvalue weighted by atomic mass is 10.0. The zero-order valence-corrected chi connectivity index (χ0v) is 9.19. The Kier molecular flexibility index (Phi) is 3.31. The number of aliphatic carboxylic acids is 1. The van der Waals surface area contributed by atoms with Crippen LogP contribution in [-0.4, -0.2) is 54.7 Å². The first-order chi connectivity index (χ1) is 8.18. The van der Waals surface area contributed by atoms with Crippen molar-refractivity contribution in [2.45, 2.75) is 31.8 Å². The van der Waals surface area contributed by atoms with E-state index < -0.39 is 12.0 Å². The first-order valence-electron chi connectivity index (χ1n) is 5.41. The van der Waals surface area contributed by atoms with Crippen LogP contribution in [0.2, 0.25) is 0 Å². The molecule has 0 spiro atoms. The van der Waals surface area contributed by atoms with Crippen LogP contribution in [0.5, 0.6) is 0 Å². The monoisotopic (exact) mass is 239 g/mol. The number of likely N-dealkylation sites (tertiary alicyclic amines) is 1. The molecule has 2 heterocycles. The topological polar surface area (TPSA) is 101 Å². The van der Waals surface area contributed by atoms with Crippen molar-refractivity contribution in [1.29, 1.82) is 0 Å². The molecule has 0 aliphatic carbocycles. The molecule has 1 aliphatic heterocycles. The van der Waals surface area contributed by atoms with E-state index in [4.69, 9.17) is 5.11 Å². The van der Waals surface area contributed by atoms with E-state index >= 15 is 0 Å². The second kappa shape index (κ2) is 4.89. The highest BCUT2D eigenvalue weighted by Crippen LogP contribution is 2.17. The summed E-state index contributed by atoms with van der Waals surface area (Å²) in [6, 6.07) is -0.715. The molecule has 17 heavy (non-hydrogen) atoms. The lowest BCUT2D eigenvalue weighted by molar-refractivity contribution is -0.152. The Labute approximate surface area is 97.2 Å². The molecule has 92 valence electrons. The Morgan fingerprint density at radius 2 is 2.24 bits per heavy atom. The molecule has 0 radical (unpaired) electrons. The van der Waals surface area contributed by atoms with E-state index in [9.17, 15) is 9.59 Å². The summed E-state index contributed by atoms with van der Waals surface area (Å²) in [6.45, 7) is 0.467. The van der Waals surface area contributed by atoms with Crippen molar-refractivity contribution in [2.24, 2.45) is 0 Å². The van der Waals surface area contributed by atoms with E-state index in [2.05, 4.69) is 15.5 Å². The van der Waals surface area contributed by atoms with Crippen molar-refractivity contribution in [3.8, 4) is 0 Å². The SMILES string of the molecule is O=C(O)[C@@H]1CCCCN1C(=O)Cn1cnnn1. The molecule has 0 unspecified atom stereocenters. The van der Waals surface area contributed by atoms with Crippen LogP contribution in [0.1, 0.15) is 19.3 Å². The maximum absolute atomic E-state index is 11.9. The molecule has 0 bridgehead atoms. The number of hydrogen-bond acceptors (Lipinski definition) is 5. The van der Waals surface area contributed by atoms with E-state index in [1.54, 1.807) is 0 Å². The number of nitrogens with zero attached hydrogens (tertiary/aromatic N) is 5. The van der Waals surface area contributed by atoms with Crippen LogP contribution in [0.25, 0.3) is 0 Å². The van der Waals surface area contributed by atoms with E-state index in [1.165, 1.54) is 15.9 Å². The molecule has 1 aromatic heterocycles. The lowest BCUT2D eigenvalue weighted by Gasteiger charge is -2.32. The van der Waals surface area contributed by atoms with Crippen molar-refractivity contribution in [2.75, 3.05) is 6.54 Å². The van der Waals surface area contributed by atoms with Crippen molar-refractivity contribution < 1.29 is 14.7 Å². The number of carboxylic acid groups (broad SMARTS) is 1. The number of carbonyl (C=O) groups excluding carboxylic acids is 1. The number of amides is 1. The highest BCUT2D eigenvalue weighted by Gasteiger charge is 2.31. The third kappa shape index (κ3) is 2.58. The highest BCUT2D eigenvalue weighted by molar-refractivity contribution is 5.83. The van der Waals surface area contributed by atoms with Gasteiger partial charge in [0, 0.05) is 6.54 Å². The van der Waals surface area contributed by atoms with Gasteiger partial charge in [0.15, 0.2) is 0 Å². The lowest BCUT2D eigenvalue weighted by Crippen LogP contribution is -2.49. The fourth-order valence-corrected chi connectivity index (χ4v) is 1.97. The van der Waals surface area contributed by atoms with Gasteiger partial charge >= 0.3 is 5.97 Å². The van der Waals surface area contributed by atoms with Gasteiger partial charge in [0.05, 0.1) is 0 Å². The summed E-state index contributed by atoms with van der Waals surface area (Å²) in [4.78, 5) is 24.4. The predicted molar refractivity (Wildman–Crippen MR) is 54.8 cm³/mol. The van der Waals surface area contributed by atoms with Gasteiger partial charge in [-0.3, -0.25) is 4.79 Å². The number of carbonyl (C=O) groups is 2. The summed E-state index contributed by atoms with van der Waals surface area (Å²) >= 11 is 0. The number of hydrogen-bond donors (Lipinski definition) is 1. The van der Waals surface area contributed by atoms with Crippen LogP contribution >= 0.6 is 0 Å². The van der Waals surface area contributed by atoms with E-state index in [0.717, 1.165) is 12.8 Å². The van der Waals surface area contributed by atoms with Crippen LogP contribution in [0.15, 0.2) is 6.33 Å². The van der Waals surface area contributed by atoms with Gasteiger partial charge in [0.2, 0.25) is 5.91 Å². The molecule has 2 rings (SSSR count). The average Bonchev–Trinajstić information content (AvgIpc) is 2.81. The smallest absolute Gasteiger partial charge is 0.326 e. The van der Waals surface area contributed by atoms with Crippen molar-refractivity contribution in [3.05, 3.63) is 6.33 Å². The first-order valence-corrected chi connectivity index (χ1v) is 5.41. The van der Waals surface area contributed by atoms with Crippen molar-refractivity contribution >= 4 is 11.9 Å². The maximum atomic E-state index is 11.9. The zero-order chi connectivity index (χ0) is 12.3. The molecule has 8 nitrogen and oxygen atoms in total. The van der Waals surface area contributed by atoms with Gasteiger partial charge < -0.3 is 10.0 Å². The zero-order valence-electron chi connectivity index (χ0n) is 9.19. The summed E-state index contributed by atoms with van der Waals surface area (Å²) < 4.78 is 1.29. The second-order valence-electron chi connectivity index (χ2n) is 3.94. The van der Waals surface area contributed by atoms with Gasteiger partial charge in [-0.15, -0.1) is 5.10 Å². The van der Waals surface area contributed by atoms with Crippen molar-refractivity contribution in [1.82, 2.24) is 25.1 Å². The highest BCUT2D eigenvalue weighted by atomic mass is 16.4. The molecule has 8 heteroatoms. The van der Waals surface area contributed by atoms with Crippen LogP contribution in [0, 0.1) is 0 Å². The summed E-state index contributed by atoms with van der Waals surface area (Å²) in [5.41, 5.74) is 0. The minimum absolute atomic E-state index is 0.0171. The quantitative estimate of drug-likeness (QED) is 0.736. The molecule has 1 amide bonds. The molecule has 1 aliphatic rings. The Hall–Kier alpha value is -1.99. The van der Waals surface area contributed by atoms with Crippen molar-refractivity contribution in [3.63, 3.8) is 0 Å². The van der Waals surface area contributed by atoms with E-state index in [-0.39, 0.29) is 12.5 Å². The third-order valence-corrected chi connectivity index (χ3v) is 2.80. The first kappa shape index (κ1) is 11.5. The number of piperidine rings is 1. The molecule has 0 saturated carbocycles. The van der Waals surface area contributed by atoms with E-state index in [0.29, 0.717) is 13.0 Å². The second-order valence-corrected chi connectivity index (χ2v) is 3.94. The Balaban J connectivity index is 2.03. The summed E-state index contributed by atoms with van der Waals surface area (Å²) in [5, 5.41) is 19.5. The molecule has 0 aromatic carbocycles. The van der Waals surface area contributed by atoms with Crippen LogP contribution in [0.4, 0.5) is 0 Å². The minimum Gasteiger partial charge on any atom is -0.480 e. The minimum atomic E-state index is -0.949. The van der Waals surface area contributed by atoms with Gasteiger partial charge in [0.1, 0.15) is 18.9 Å². The third-order valence-electron chi connectivity index (χ3n) is 2.80.